The summed E-state index contributed by atoms with van der Waals surface area (Å²) in [5.74, 6) is 0. The SMILES string of the molecule is COCCOCCOCCCCOCCOCCOCC(C)(C)C. The second-order valence-electron chi connectivity index (χ2n) is 6.76. The minimum atomic E-state index is 0.212. The molecular formula is C18H38O6. The van der Waals surface area contributed by atoms with E-state index in [1.54, 1.807) is 7.11 Å². The molecule has 0 rings (SSSR count). The second-order valence-corrected chi connectivity index (χ2v) is 6.76. The van der Waals surface area contributed by atoms with Gasteiger partial charge in [0, 0.05) is 20.3 Å². The van der Waals surface area contributed by atoms with Crippen LogP contribution in [0.4, 0.5) is 0 Å². The average Bonchev–Trinajstić information content (AvgIpc) is 2.52. The average molecular weight is 350 g/mol. The first-order valence-electron chi connectivity index (χ1n) is 8.94. The van der Waals surface area contributed by atoms with Gasteiger partial charge in [-0.25, -0.2) is 0 Å². The van der Waals surface area contributed by atoms with Gasteiger partial charge in [-0.1, -0.05) is 20.8 Å². The van der Waals surface area contributed by atoms with E-state index in [9.17, 15) is 0 Å². The quantitative estimate of drug-likeness (QED) is 0.354. The molecule has 0 aliphatic carbocycles. The number of rotatable bonds is 18. The van der Waals surface area contributed by atoms with Crippen molar-refractivity contribution < 1.29 is 28.4 Å². The molecule has 0 aromatic heterocycles. The van der Waals surface area contributed by atoms with Gasteiger partial charge in [-0.15, -0.1) is 0 Å². The molecule has 0 aliphatic rings. The minimum absolute atomic E-state index is 0.212. The number of ether oxygens (including phenoxy) is 6. The van der Waals surface area contributed by atoms with Crippen molar-refractivity contribution in [3.05, 3.63) is 0 Å². The summed E-state index contributed by atoms with van der Waals surface area (Å²) >= 11 is 0. The van der Waals surface area contributed by atoms with Crippen molar-refractivity contribution in [2.45, 2.75) is 33.6 Å². The van der Waals surface area contributed by atoms with Crippen molar-refractivity contribution in [3.8, 4) is 0 Å². The van der Waals surface area contributed by atoms with E-state index < -0.39 is 0 Å². The predicted octanol–water partition coefficient (Wildman–Crippen LogP) is 2.54. The molecule has 0 aliphatic heterocycles. The van der Waals surface area contributed by atoms with Crippen LogP contribution in [0, 0.1) is 5.41 Å². The van der Waals surface area contributed by atoms with Crippen molar-refractivity contribution in [2.24, 2.45) is 5.41 Å². The largest absolute Gasteiger partial charge is 0.382 e. The molecule has 24 heavy (non-hydrogen) atoms. The van der Waals surface area contributed by atoms with Crippen LogP contribution >= 0.6 is 0 Å². The van der Waals surface area contributed by atoms with Gasteiger partial charge in [-0.3, -0.25) is 0 Å². The summed E-state index contributed by atoms with van der Waals surface area (Å²) in [5, 5.41) is 0. The number of unbranched alkanes of at least 4 members (excludes halogenated alkanes) is 1. The lowest BCUT2D eigenvalue weighted by Crippen LogP contribution is -2.17. The summed E-state index contributed by atoms with van der Waals surface area (Å²) in [6, 6.07) is 0. The van der Waals surface area contributed by atoms with Crippen molar-refractivity contribution in [1.82, 2.24) is 0 Å². The highest BCUT2D eigenvalue weighted by Gasteiger charge is 2.09. The highest BCUT2D eigenvalue weighted by molar-refractivity contribution is 4.58. The fourth-order valence-electron chi connectivity index (χ4n) is 1.69. The third-order valence-electron chi connectivity index (χ3n) is 2.91. The standard InChI is InChI=1S/C18H38O6/c1-18(2,3)17-24-16-15-23-14-12-21-8-6-5-7-20-11-13-22-10-9-19-4/h5-17H2,1-4H3. The number of hydrogen-bond donors (Lipinski definition) is 0. The van der Waals surface area contributed by atoms with E-state index in [0.717, 1.165) is 32.7 Å². The van der Waals surface area contributed by atoms with Crippen LogP contribution in [0.2, 0.25) is 0 Å². The van der Waals surface area contributed by atoms with Gasteiger partial charge >= 0.3 is 0 Å². The van der Waals surface area contributed by atoms with Crippen LogP contribution in [0.3, 0.4) is 0 Å². The monoisotopic (exact) mass is 350 g/mol. The fourth-order valence-corrected chi connectivity index (χ4v) is 1.69. The summed E-state index contributed by atoms with van der Waals surface area (Å²) in [5.41, 5.74) is 0.212. The van der Waals surface area contributed by atoms with Gasteiger partial charge in [0.2, 0.25) is 0 Å². The zero-order valence-corrected chi connectivity index (χ0v) is 16.1. The Bertz CT molecular complexity index is 242. The molecule has 0 aromatic carbocycles. The maximum absolute atomic E-state index is 5.52. The summed E-state index contributed by atoms with van der Waals surface area (Å²) in [6.07, 6.45) is 2.00. The molecule has 0 spiro atoms. The molecule has 0 radical (unpaired) electrons. The molecule has 146 valence electrons. The molecule has 6 nitrogen and oxygen atoms in total. The molecule has 0 N–H and O–H groups in total. The summed E-state index contributed by atoms with van der Waals surface area (Å²) in [7, 11) is 1.66. The molecule has 0 fully saturated rings. The topological polar surface area (TPSA) is 55.4 Å². The smallest absolute Gasteiger partial charge is 0.0701 e. The molecule has 0 saturated heterocycles. The Kier molecular flexibility index (Phi) is 17.4. The first-order valence-corrected chi connectivity index (χ1v) is 8.94. The lowest BCUT2D eigenvalue weighted by atomic mass is 9.99. The highest BCUT2D eigenvalue weighted by atomic mass is 16.5. The normalized spacial score (nSPS) is 12.0. The lowest BCUT2D eigenvalue weighted by Gasteiger charge is -2.17. The van der Waals surface area contributed by atoms with Crippen molar-refractivity contribution in [3.63, 3.8) is 0 Å². The Morgan fingerprint density at radius 2 is 0.875 bits per heavy atom. The molecule has 0 amide bonds. The molecule has 6 heteroatoms. The maximum atomic E-state index is 5.52. The second kappa shape index (κ2) is 17.6. The molecule has 0 heterocycles. The van der Waals surface area contributed by atoms with Crippen LogP contribution in [0.5, 0.6) is 0 Å². The molecule has 0 atom stereocenters. The van der Waals surface area contributed by atoms with Gasteiger partial charge in [-0.2, -0.15) is 0 Å². The van der Waals surface area contributed by atoms with E-state index in [4.69, 9.17) is 28.4 Å². The Hall–Kier alpha value is -0.240. The molecular weight excluding hydrogens is 312 g/mol. The maximum Gasteiger partial charge on any atom is 0.0701 e. The third-order valence-corrected chi connectivity index (χ3v) is 2.91. The molecule has 0 bridgehead atoms. The fraction of sp³-hybridized carbons (Fsp3) is 1.00. The third kappa shape index (κ3) is 21.8. The summed E-state index contributed by atoms with van der Waals surface area (Å²) in [4.78, 5) is 0. The van der Waals surface area contributed by atoms with E-state index in [-0.39, 0.29) is 5.41 Å². The van der Waals surface area contributed by atoms with Gasteiger partial charge in [0.15, 0.2) is 0 Å². The van der Waals surface area contributed by atoms with Crippen molar-refractivity contribution in [1.29, 1.82) is 0 Å². The first kappa shape index (κ1) is 23.8. The number of methoxy groups -OCH3 is 1. The van der Waals surface area contributed by atoms with E-state index in [2.05, 4.69) is 20.8 Å². The van der Waals surface area contributed by atoms with Gasteiger partial charge < -0.3 is 28.4 Å². The van der Waals surface area contributed by atoms with Crippen LogP contribution in [-0.4, -0.2) is 79.8 Å². The minimum Gasteiger partial charge on any atom is -0.382 e. The van der Waals surface area contributed by atoms with E-state index in [0.29, 0.717) is 52.9 Å². The summed E-state index contributed by atoms with van der Waals surface area (Å²) in [6.45, 7) is 13.8. The van der Waals surface area contributed by atoms with Gasteiger partial charge in [0.1, 0.15) is 0 Å². The number of hydrogen-bond acceptors (Lipinski definition) is 6. The Balaban J connectivity index is 3.00. The highest BCUT2D eigenvalue weighted by Crippen LogP contribution is 2.12. The lowest BCUT2D eigenvalue weighted by molar-refractivity contribution is -0.00245. The van der Waals surface area contributed by atoms with Gasteiger partial charge in [0.25, 0.3) is 0 Å². The first-order chi connectivity index (χ1) is 11.6. The van der Waals surface area contributed by atoms with Gasteiger partial charge in [0.05, 0.1) is 59.5 Å². The predicted molar refractivity (Wildman–Crippen MR) is 94.7 cm³/mol. The Morgan fingerprint density at radius 1 is 0.500 bits per heavy atom. The van der Waals surface area contributed by atoms with E-state index >= 15 is 0 Å². The summed E-state index contributed by atoms with van der Waals surface area (Å²) < 4.78 is 32.1. The Labute approximate surface area is 148 Å². The molecule has 0 unspecified atom stereocenters. The molecule has 0 aromatic rings. The van der Waals surface area contributed by atoms with E-state index in [1.165, 1.54) is 0 Å². The van der Waals surface area contributed by atoms with E-state index in [1.807, 2.05) is 0 Å². The van der Waals surface area contributed by atoms with Crippen LogP contribution in [0.25, 0.3) is 0 Å². The van der Waals surface area contributed by atoms with Crippen LogP contribution < -0.4 is 0 Å². The van der Waals surface area contributed by atoms with Crippen LogP contribution in [-0.2, 0) is 28.4 Å². The zero-order chi connectivity index (χ0) is 17.9. The van der Waals surface area contributed by atoms with Gasteiger partial charge in [-0.05, 0) is 18.3 Å². The Morgan fingerprint density at radius 3 is 1.29 bits per heavy atom. The van der Waals surface area contributed by atoms with Crippen molar-refractivity contribution in [2.75, 3.05) is 79.8 Å². The van der Waals surface area contributed by atoms with Crippen LogP contribution in [0.1, 0.15) is 33.6 Å². The van der Waals surface area contributed by atoms with Crippen LogP contribution in [0.15, 0.2) is 0 Å². The zero-order valence-electron chi connectivity index (χ0n) is 16.1. The van der Waals surface area contributed by atoms with Crippen molar-refractivity contribution >= 4 is 0 Å². The molecule has 0 saturated carbocycles.